The molecule has 0 bridgehead atoms. The fourth-order valence-corrected chi connectivity index (χ4v) is 3.74. The summed E-state index contributed by atoms with van der Waals surface area (Å²) in [6.07, 6.45) is 0.603. The number of rotatable bonds is 5. The Kier molecular flexibility index (Phi) is 4.70. The molecule has 0 saturated carbocycles. The molecule has 4 rings (SSSR count). The summed E-state index contributed by atoms with van der Waals surface area (Å²) < 4.78 is 6.30. The van der Waals surface area contributed by atoms with Crippen molar-refractivity contribution < 1.29 is 0 Å². The second kappa shape index (κ2) is 7.20. The van der Waals surface area contributed by atoms with Gasteiger partial charge in [0.25, 0.3) is 5.56 Å². The number of fused-ring (bicyclic) bond motifs is 1. The second-order valence-electron chi connectivity index (χ2n) is 7.20. The molecule has 0 radical (unpaired) electrons. The van der Waals surface area contributed by atoms with Crippen LogP contribution in [0.5, 0.6) is 0 Å². The molecule has 150 valence electrons. The van der Waals surface area contributed by atoms with Gasteiger partial charge in [-0.1, -0.05) is 30.3 Å². The number of nitrogens with zero attached hydrogens (tertiary/aromatic N) is 6. The minimum absolute atomic E-state index is 0.315. The molecular formula is C21H24N6O2. The minimum atomic E-state index is -0.362. The first-order chi connectivity index (χ1) is 13.9. The fraction of sp³-hybridized carbons (Fsp3) is 0.333. The summed E-state index contributed by atoms with van der Waals surface area (Å²) in [7, 11) is 1.65. The van der Waals surface area contributed by atoms with Gasteiger partial charge < -0.3 is 4.57 Å². The zero-order chi connectivity index (χ0) is 20.7. The lowest BCUT2D eigenvalue weighted by molar-refractivity contribution is 0.599. The van der Waals surface area contributed by atoms with E-state index in [2.05, 4.69) is 10.1 Å². The van der Waals surface area contributed by atoms with E-state index in [9.17, 15) is 9.59 Å². The van der Waals surface area contributed by atoms with Crippen molar-refractivity contribution in [1.29, 1.82) is 0 Å². The quantitative estimate of drug-likeness (QED) is 0.520. The molecular weight excluding hydrogens is 368 g/mol. The van der Waals surface area contributed by atoms with Gasteiger partial charge in [0.15, 0.2) is 11.2 Å². The monoisotopic (exact) mass is 392 g/mol. The molecule has 0 spiro atoms. The van der Waals surface area contributed by atoms with Crippen LogP contribution >= 0.6 is 0 Å². The van der Waals surface area contributed by atoms with Crippen LogP contribution in [0.4, 0.5) is 0 Å². The smallest absolute Gasteiger partial charge is 0.303 e. The molecule has 3 aromatic heterocycles. The van der Waals surface area contributed by atoms with E-state index in [1.807, 2.05) is 61.7 Å². The summed E-state index contributed by atoms with van der Waals surface area (Å²) in [6.45, 7) is 6.66. The van der Waals surface area contributed by atoms with Gasteiger partial charge in [0.2, 0.25) is 5.95 Å². The van der Waals surface area contributed by atoms with E-state index >= 15 is 0 Å². The molecule has 0 aliphatic carbocycles. The highest BCUT2D eigenvalue weighted by Gasteiger charge is 2.21. The van der Waals surface area contributed by atoms with Gasteiger partial charge in [-0.05, 0) is 38.8 Å². The zero-order valence-corrected chi connectivity index (χ0v) is 17.1. The van der Waals surface area contributed by atoms with Gasteiger partial charge in [0.05, 0.1) is 5.69 Å². The van der Waals surface area contributed by atoms with Crippen LogP contribution in [0, 0.1) is 13.8 Å². The van der Waals surface area contributed by atoms with Gasteiger partial charge >= 0.3 is 5.69 Å². The third-order valence-electron chi connectivity index (χ3n) is 5.19. The van der Waals surface area contributed by atoms with E-state index < -0.39 is 0 Å². The molecule has 4 aromatic rings. The van der Waals surface area contributed by atoms with Gasteiger partial charge in [-0.3, -0.25) is 13.9 Å². The Bertz CT molecular complexity index is 1310. The predicted octanol–water partition coefficient (Wildman–Crippen LogP) is 1.96. The Morgan fingerprint density at radius 2 is 1.76 bits per heavy atom. The molecule has 3 heterocycles. The van der Waals surface area contributed by atoms with Crippen LogP contribution in [-0.2, 0) is 26.6 Å². The third-order valence-corrected chi connectivity index (χ3v) is 5.19. The van der Waals surface area contributed by atoms with E-state index in [1.165, 1.54) is 9.13 Å². The van der Waals surface area contributed by atoms with Crippen LogP contribution in [0.1, 0.15) is 23.9 Å². The Labute approximate surface area is 167 Å². The first kappa shape index (κ1) is 18.9. The first-order valence-electron chi connectivity index (χ1n) is 9.70. The summed E-state index contributed by atoms with van der Waals surface area (Å²) >= 11 is 0. The van der Waals surface area contributed by atoms with Gasteiger partial charge in [-0.25, -0.2) is 9.48 Å². The van der Waals surface area contributed by atoms with Crippen molar-refractivity contribution in [2.45, 2.75) is 40.3 Å². The summed E-state index contributed by atoms with van der Waals surface area (Å²) in [5, 5.41) is 4.50. The SMILES string of the molecule is CCn1c(-n2nc(C)cc2C)nc2c1c(=O)n(CCc1ccccc1)c(=O)n2C. The van der Waals surface area contributed by atoms with E-state index in [0.717, 1.165) is 17.0 Å². The van der Waals surface area contributed by atoms with E-state index in [-0.39, 0.29) is 11.2 Å². The molecule has 8 nitrogen and oxygen atoms in total. The molecule has 0 unspecified atom stereocenters. The molecule has 0 N–H and O–H groups in total. The normalized spacial score (nSPS) is 11.4. The number of imidazole rings is 1. The van der Waals surface area contributed by atoms with Crippen LogP contribution in [0.2, 0.25) is 0 Å². The number of hydrogen-bond donors (Lipinski definition) is 0. The lowest BCUT2D eigenvalue weighted by Crippen LogP contribution is -2.40. The van der Waals surface area contributed by atoms with E-state index in [0.29, 0.717) is 36.6 Å². The lowest BCUT2D eigenvalue weighted by Gasteiger charge is -2.10. The zero-order valence-electron chi connectivity index (χ0n) is 17.1. The molecule has 0 atom stereocenters. The maximum absolute atomic E-state index is 13.3. The highest BCUT2D eigenvalue weighted by molar-refractivity contribution is 5.72. The lowest BCUT2D eigenvalue weighted by atomic mass is 10.1. The number of aryl methyl sites for hydroxylation is 5. The number of benzene rings is 1. The van der Waals surface area contributed by atoms with Crippen molar-refractivity contribution in [3.8, 4) is 5.95 Å². The molecule has 0 saturated heterocycles. The van der Waals surface area contributed by atoms with Gasteiger partial charge in [-0.15, -0.1) is 0 Å². The van der Waals surface area contributed by atoms with E-state index in [4.69, 9.17) is 0 Å². The van der Waals surface area contributed by atoms with Crippen LogP contribution in [0.3, 0.4) is 0 Å². The van der Waals surface area contributed by atoms with Crippen LogP contribution in [0.25, 0.3) is 17.1 Å². The standard InChI is InChI=1S/C21H24N6O2/c1-5-25-17-18(22-20(25)27-15(3)13-14(2)23-27)24(4)21(29)26(19(17)28)12-11-16-9-7-6-8-10-16/h6-10,13H,5,11-12H2,1-4H3. The van der Waals surface area contributed by atoms with Crippen molar-refractivity contribution in [3.05, 3.63) is 74.2 Å². The molecule has 1 aromatic carbocycles. The molecule has 8 heteroatoms. The Hall–Kier alpha value is -3.42. The van der Waals surface area contributed by atoms with Crippen molar-refractivity contribution in [2.24, 2.45) is 7.05 Å². The van der Waals surface area contributed by atoms with E-state index in [1.54, 1.807) is 11.7 Å². The van der Waals surface area contributed by atoms with Gasteiger partial charge in [0.1, 0.15) is 0 Å². The predicted molar refractivity (Wildman–Crippen MR) is 112 cm³/mol. The Balaban J connectivity index is 1.91. The molecule has 29 heavy (non-hydrogen) atoms. The van der Waals surface area contributed by atoms with Crippen molar-refractivity contribution in [1.82, 2.24) is 28.5 Å². The summed E-state index contributed by atoms with van der Waals surface area (Å²) in [6, 6.07) is 11.8. The summed E-state index contributed by atoms with van der Waals surface area (Å²) in [5.41, 5.74) is 2.98. The van der Waals surface area contributed by atoms with Gasteiger partial charge in [-0.2, -0.15) is 10.1 Å². The molecule has 0 aliphatic heterocycles. The maximum Gasteiger partial charge on any atom is 0.332 e. The minimum Gasteiger partial charge on any atom is -0.303 e. The second-order valence-corrected chi connectivity index (χ2v) is 7.20. The Morgan fingerprint density at radius 1 is 1.03 bits per heavy atom. The molecule has 0 aliphatic rings. The summed E-state index contributed by atoms with van der Waals surface area (Å²) in [4.78, 5) is 30.8. The average Bonchev–Trinajstić information content (AvgIpc) is 3.26. The van der Waals surface area contributed by atoms with Gasteiger partial charge in [0, 0.05) is 25.8 Å². The average molecular weight is 392 g/mol. The summed E-state index contributed by atoms with van der Waals surface area (Å²) in [5.74, 6) is 0.543. The largest absolute Gasteiger partial charge is 0.332 e. The van der Waals surface area contributed by atoms with Crippen LogP contribution in [-0.4, -0.2) is 28.5 Å². The molecule has 0 amide bonds. The van der Waals surface area contributed by atoms with Crippen molar-refractivity contribution in [2.75, 3.05) is 0 Å². The van der Waals surface area contributed by atoms with Crippen molar-refractivity contribution in [3.63, 3.8) is 0 Å². The number of hydrogen-bond acceptors (Lipinski definition) is 4. The number of aromatic nitrogens is 6. The van der Waals surface area contributed by atoms with Crippen LogP contribution < -0.4 is 11.2 Å². The first-order valence-corrected chi connectivity index (χ1v) is 9.70. The highest BCUT2D eigenvalue weighted by Crippen LogP contribution is 2.17. The highest BCUT2D eigenvalue weighted by atomic mass is 16.2. The maximum atomic E-state index is 13.3. The molecule has 0 fully saturated rings. The third kappa shape index (κ3) is 3.10. The van der Waals surface area contributed by atoms with Crippen LogP contribution in [0.15, 0.2) is 46.0 Å². The fourth-order valence-electron chi connectivity index (χ4n) is 3.74. The topological polar surface area (TPSA) is 79.6 Å². The Morgan fingerprint density at radius 3 is 2.38 bits per heavy atom. The van der Waals surface area contributed by atoms with Crippen molar-refractivity contribution >= 4 is 11.2 Å².